The standard InChI is InChI=1S/C18H21N3O3S2/c22-18(20-15-4-7-19-11-15)13-2-1-3-16(10-13)26(23,24)21-8-5-17-14(12-21)6-9-25-17/h1-3,6,9-10,15,19H,4-5,7-8,11-12H2,(H,20,22). The molecule has 1 saturated heterocycles. The summed E-state index contributed by atoms with van der Waals surface area (Å²) in [6.45, 7) is 2.50. The fourth-order valence-corrected chi connectivity index (χ4v) is 5.78. The minimum atomic E-state index is -3.62. The van der Waals surface area contributed by atoms with Gasteiger partial charge < -0.3 is 10.6 Å². The second-order valence-electron chi connectivity index (χ2n) is 6.65. The van der Waals surface area contributed by atoms with Crippen molar-refractivity contribution >= 4 is 27.3 Å². The fourth-order valence-electron chi connectivity index (χ4n) is 3.42. The Kier molecular flexibility index (Phi) is 4.83. The molecule has 0 spiro atoms. The van der Waals surface area contributed by atoms with E-state index in [1.807, 2.05) is 11.4 Å². The first kappa shape index (κ1) is 17.7. The highest BCUT2D eigenvalue weighted by molar-refractivity contribution is 7.89. The Hall–Kier alpha value is -1.74. The van der Waals surface area contributed by atoms with E-state index in [0.717, 1.165) is 31.5 Å². The van der Waals surface area contributed by atoms with Gasteiger partial charge in [0.1, 0.15) is 0 Å². The maximum atomic E-state index is 13.0. The Morgan fingerprint density at radius 1 is 1.31 bits per heavy atom. The van der Waals surface area contributed by atoms with Crippen molar-refractivity contribution in [2.45, 2.75) is 30.3 Å². The molecule has 1 atom stereocenters. The summed E-state index contributed by atoms with van der Waals surface area (Å²) in [7, 11) is -3.62. The lowest BCUT2D eigenvalue weighted by atomic mass is 10.1. The highest BCUT2D eigenvalue weighted by Gasteiger charge is 2.29. The number of benzene rings is 1. The number of hydrogen-bond donors (Lipinski definition) is 2. The Morgan fingerprint density at radius 2 is 2.19 bits per heavy atom. The zero-order valence-corrected chi connectivity index (χ0v) is 15.9. The minimum absolute atomic E-state index is 0.0990. The molecule has 26 heavy (non-hydrogen) atoms. The molecule has 0 bridgehead atoms. The van der Waals surface area contributed by atoms with Crippen molar-refractivity contribution in [2.24, 2.45) is 0 Å². The molecule has 4 rings (SSSR count). The molecule has 8 heteroatoms. The molecule has 0 aliphatic carbocycles. The van der Waals surface area contributed by atoms with Crippen LogP contribution in [0.25, 0.3) is 0 Å². The SMILES string of the molecule is O=C(NC1CCNC1)c1cccc(S(=O)(=O)N2CCc3sccc3C2)c1. The fraction of sp³-hybridized carbons (Fsp3) is 0.389. The van der Waals surface area contributed by atoms with Gasteiger partial charge in [0.2, 0.25) is 10.0 Å². The van der Waals surface area contributed by atoms with E-state index < -0.39 is 10.0 Å². The smallest absolute Gasteiger partial charge is 0.251 e. The number of sulfonamides is 1. The Morgan fingerprint density at radius 3 is 3.00 bits per heavy atom. The van der Waals surface area contributed by atoms with Gasteiger partial charge in [-0.25, -0.2) is 8.42 Å². The van der Waals surface area contributed by atoms with E-state index in [2.05, 4.69) is 10.6 Å². The van der Waals surface area contributed by atoms with Crippen LogP contribution in [0.3, 0.4) is 0 Å². The van der Waals surface area contributed by atoms with Crippen LogP contribution in [0.1, 0.15) is 27.2 Å². The lowest BCUT2D eigenvalue weighted by Crippen LogP contribution is -2.37. The van der Waals surface area contributed by atoms with E-state index in [9.17, 15) is 13.2 Å². The van der Waals surface area contributed by atoms with Gasteiger partial charge in [-0.15, -0.1) is 11.3 Å². The molecule has 2 aromatic rings. The van der Waals surface area contributed by atoms with Crippen LogP contribution >= 0.6 is 11.3 Å². The Bertz CT molecular complexity index is 917. The van der Waals surface area contributed by atoms with E-state index in [-0.39, 0.29) is 16.8 Å². The van der Waals surface area contributed by atoms with Crippen molar-refractivity contribution in [3.05, 3.63) is 51.7 Å². The van der Waals surface area contributed by atoms with Crippen molar-refractivity contribution in [2.75, 3.05) is 19.6 Å². The Labute approximate surface area is 157 Å². The predicted molar refractivity (Wildman–Crippen MR) is 101 cm³/mol. The normalized spacial score (nSPS) is 20.7. The summed E-state index contributed by atoms with van der Waals surface area (Å²) in [5, 5.41) is 8.16. The van der Waals surface area contributed by atoms with E-state index in [1.165, 1.54) is 15.2 Å². The molecular formula is C18H21N3O3S2. The average molecular weight is 392 g/mol. The van der Waals surface area contributed by atoms with Crippen LogP contribution < -0.4 is 10.6 Å². The van der Waals surface area contributed by atoms with Crippen LogP contribution in [0.5, 0.6) is 0 Å². The summed E-state index contributed by atoms with van der Waals surface area (Å²) in [6, 6.07) is 8.42. The second-order valence-corrected chi connectivity index (χ2v) is 9.59. The van der Waals surface area contributed by atoms with Crippen molar-refractivity contribution in [1.29, 1.82) is 0 Å². The predicted octanol–water partition coefficient (Wildman–Crippen LogP) is 1.59. The first-order valence-corrected chi connectivity index (χ1v) is 11.0. The number of amides is 1. The quantitative estimate of drug-likeness (QED) is 0.830. The molecule has 1 aromatic heterocycles. The molecular weight excluding hydrogens is 370 g/mol. The van der Waals surface area contributed by atoms with Gasteiger partial charge in [-0.3, -0.25) is 4.79 Å². The van der Waals surface area contributed by atoms with Crippen molar-refractivity contribution < 1.29 is 13.2 Å². The third kappa shape index (κ3) is 3.42. The van der Waals surface area contributed by atoms with Gasteiger partial charge in [0, 0.05) is 36.1 Å². The monoisotopic (exact) mass is 391 g/mol. The van der Waals surface area contributed by atoms with Gasteiger partial charge in [0.25, 0.3) is 5.91 Å². The maximum Gasteiger partial charge on any atom is 0.251 e. The van der Waals surface area contributed by atoms with Gasteiger partial charge in [0.15, 0.2) is 0 Å². The van der Waals surface area contributed by atoms with E-state index in [1.54, 1.807) is 29.5 Å². The van der Waals surface area contributed by atoms with Crippen LogP contribution in [-0.4, -0.2) is 44.3 Å². The zero-order chi connectivity index (χ0) is 18.1. The number of carbonyl (C=O) groups excluding carboxylic acids is 1. The van der Waals surface area contributed by atoms with E-state index in [0.29, 0.717) is 18.7 Å². The summed E-state index contributed by atoms with van der Waals surface area (Å²) in [6.07, 6.45) is 1.63. The van der Waals surface area contributed by atoms with Crippen molar-refractivity contribution in [3.63, 3.8) is 0 Å². The number of fused-ring (bicyclic) bond motifs is 1. The van der Waals surface area contributed by atoms with Gasteiger partial charge in [-0.05, 0) is 54.6 Å². The number of rotatable bonds is 4. The Balaban J connectivity index is 1.54. The van der Waals surface area contributed by atoms with E-state index >= 15 is 0 Å². The lowest BCUT2D eigenvalue weighted by molar-refractivity contribution is 0.0940. The number of carbonyl (C=O) groups is 1. The zero-order valence-electron chi connectivity index (χ0n) is 14.3. The van der Waals surface area contributed by atoms with Crippen LogP contribution in [0.4, 0.5) is 0 Å². The number of nitrogens with zero attached hydrogens (tertiary/aromatic N) is 1. The molecule has 1 fully saturated rings. The van der Waals surface area contributed by atoms with Gasteiger partial charge in [-0.2, -0.15) is 4.31 Å². The van der Waals surface area contributed by atoms with Gasteiger partial charge in [-0.1, -0.05) is 6.07 Å². The molecule has 1 aromatic carbocycles. The molecule has 3 heterocycles. The molecule has 2 N–H and O–H groups in total. The average Bonchev–Trinajstić information content (AvgIpc) is 3.32. The maximum absolute atomic E-state index is 13.0. The molecule has 6 nitrogen and oxygen atoms in total. The topological polar surface area (TPSA) is 78.5 Å². The van der Waals surface area contributed by atoms with Crippen molar-refractivity contribution in [3.8, 4) is 0 Å². The lowest BCUT2D eigenvalue weighted by Gasteiger charge is -2.26. The molecule has 138 valence electrons. The summed E-state index contributed by atoms with van der Waals surface area (Å²) >= 11 is 1.68. The molecule has 1 unspecified atom stereocenters. The van der Waals surface area contributed by atoms with E-state index in [4.69, 9.17) is 0 Å². The molecule has 2 aliphatic rings. The summed E-state index contributed by atoms with van der Waals surface area (Å²) in [5.74, 6) is -0.227. The number of thiophene rings is 1. The second kappa shape index (κ2) is 7.11. The molecule has 1 amide bonds. The summed E-state index contributed by atoms with van der Waals surface area (Å²) < 4.78 is 27.6. The molecule has 0 saturated carbocycles. The third-order valence-electron chi connectivity index (χ3n) is 4.90. The largest absolute Gasteiger partial charge is 0.348 e. The molecule has 2 aliphatic heterocycles. The van der Waals surface area contributed by atoms with Crippen LogP contribution in [0.2, 0.25) is 0 Å². The van der Waals surface area contributed by atoms with Crippen LogP contribution in [0.15, 0.2) is 40.6 Å². The van der Waals surface area contributed by atoms with Crippen LogP contribution in [-0.2, 0) is 23.0 Å². The molecule has 0 radical (unpaired) electrons. The minimum Gasteiger partial charge on any atom is -0.348 e. The first-order valence-electron chi connectivity index (χ1n) is 8.71. The summed E-state index contributed by atoms with van der Waals surface area (Å²) in [4.78, 5) is 13.9. The number of nitrogens with one attached hydrogen (secondary N) is 2. The van der Waals surface area contributed by atoms with Gasteiger partial charge >= 0.3 is 0 Å². The third-order valence-corrected chi connectivity index (χ3v) is 7.77. The highest BCUT2D eigenvalue weighted by atomic mass is 32.2. The number of hydrogen-bond acceptors (Lipinski definition) is 5. The summed E-state index contributed by atoms with van der Waals surface area (Å²) in [5.41, 5.74) is 1.46. The van der Waals surface area contributed by atoms with Crippen LogP contribution in [0, 0.1) is 0 Å². The van der Waals surface area contributed by atoms with Gasteiger partial charge in [0.05, 0.1) is 4.90 Å². The van der Waals surface area contributed by atoms with Crippen molar-refractivity contribution in [1.82, 2.24) is 14.9 Å². The first-order chi connectivity index (χ1) is 12.5. The highest BCUT2D eigenvalue weighted by Crippen LogP contribution is 2.28.